The maximum atomic E-state index is 11.5. The van der Waals surface area contributed by atoms with Gasteiger partial charge in [0.2, 0.25) is 11.9 Å². The molecular weight excluding hydrogens is 318 g/mol. The molecule has 2 aliphatic rings. The van der Waals surface area contributed by atoms with Crippen LogP contribution in [0.25, 0.3) is 0 Å². The number of amides is 1. The van der Waals surface area contributed by atoms with E-state index < -0.39 is 0 Å². The summed E-state index contributed by atoms with van der Waals surface area (Å²) in [7, 11) is 0. The van der Waals surface area contributed by atoms with Crippen molar-refractivity contribution in [1.29, 1.82) is 0 Å². The number of nitrogens with two attached hydrogens (primary N) is 1. The minimum absolute atomic E-state index is 0.154. The van der Waals surface area contributed by atoms with Crippen molar-refractivity contribution in [3.05, 3.63) is 18.5 Å². The summed E-state index contributed by atoms with van der Waals surface area (Å²) in [6.45, 7) is 7.30. The average Bonchev–Trinajstić information content (AvgIpc) is 2.67. The van der Waals surface area contributed by atoms with Crippen LogP contribution in [0.15, 0.2) is 23.5 Å². The number of anilines is 1. The van der Waals surface area contributed by atoms with Crippen LogP contribution in [0.2, 0.25) is 0 Å². The highest BCUT2D eigenvalue weighted by atomic mass is 16.2. The van der Waals surface area contributed by atoms with Crippen molar-refractivity contribution >= 4 is 17.8 Å². The van der Waals surface area contributed by atoms with E-state index in [-0.39, 0.29) is 5.91 Å². The van der Waals surface area contributed by atoms with Gasteiger partial charge in [-0.15, -0.1) is 0 Å². The Balaban J connectivity index is 1.48. The van der Waals surface area contributed by atoms with Gasteiger partial charge in [-0.1, -0.05) is 0 Å². The highest BCUT2D eigenvalue weighted by molar-refractivity contribution is 5.78. The van der Waals surface area contributed by atoms with E-state index in [1.54, 1.807) is 19.3 Å². The lowest BCUT2D eigenvalue weighted by atomic mass is 9.98. The lowest BCUT2D eigenvalue weighted by Gasteiger charge is -2.35. The second-order valence-corrected chi connectivity index (χ2v) is 6.70. The number of piperazine rings is 1. The Kier molecular flexibility index (Phi) is 5.67. The number of aliphatic imine (C=N–C) groups is 1. The first kappa shape index (κ1) is 17.4. The molecule has 2 aliphatic heterocycles. The number of hydrogen-bond donors (Lipinski definition) is 1. The molecule has 8 nitrogen and oxygen atoms in total. The minimum atomic E-state index is 0.154. The maximum absolute atomic E-state index is 11.5. The molecule has 1 unspecified atom stereocenters. The molecule has 3 heterocycles. The Bertz CT molecular complexity index is 598. The fraction of sp³-hybridized carbons (Fsp3) is 0.647. The summed E-state index contributed by atoms with van der Waals surface area (Å²) in [6, 6.07) is 1.82. The van der Waals surface area contributed by atoms with Crippen molar-refractivity contribution in [2.75, 3.05) is 50.7 Å². The van der Waals surface area contributed by atoms with Crippen molar-refractivity contribution < 1.29 is 4.79 Å². The van der Waals surface area contributed by atoms with Crippen LogP contribution in [0.4, 0.5) is 5.95 Å². The predicted molar refractivity (Wildman–Crippen MR) is 97.3 cm³/mol. The van der Waals surface area contributed by atoms with Gasteiger partial charge < -0.3 is 20.4 Å². The quantitative estimate of drug-likeness (QED) is 0.620. The van der Waals surface area contributed by atoms with Gasteiger partial charge >= 0.3 is 0 Å². The van der Waals surface area contributed by atoms with E-state index in [4.69, 9.17) is 5.73 Å². The summed E-state index contributed by atoms with van der Waals surface area (Å²) in [5.74, 6) is 1.94. The fourth-order valence-corrected chi connectivity index (χ4v) is 3.41. The first-order valence-electron chi connectivity index (χ1n) is 8.96. The normalized spacial score (nSPS) is 22.2. The van der Waals surface area contributed by atoms with Gasteiger partial charge in [0.05, 0.1) is 0 Å². The van der Waals surface area contributed by atoms with Gasteiger partial charge in [-0.25, -0.2) is 9.97 Å². The molecule has 0 spiro atoms. The van der Waals surface area contributed by atoms with Gasteiger partial charge in [0, 0.05) is 65.1 Å². The van der Waals surface area contributed by atoms with E-state index in [1.165, 1.54) is 0 Å². The molecule has 0 aromatic carbocycles. The smallest absolute Gasteiger partial charge is 0.225 e. The van der Waals surface area contributed by atoms with Crippen LogP contribution in [0, 0.1) is 5.92 Å². The molecule has 1 amide bonds. The molecule has 0 radical (unpaired) electrons. The number of carbonyl (C=O) groups excluding carboxylic acids is 1. The third kappa shape index (κ3) is 4.58. The third-order valence-electron chi connectivity index (χ3n) is 4.91. The number of likely N-dealkylation sites (tertiary alicyclic amines) is 1. The molecule has 0 aliphatic carbocycles. The molecule has 2 fully saturated rings. The van der Waals surface area contributed by atoms with Crippen LogP contribution in [-0.2, 0) is 4.79 Å². The third-order valence-corrected chi connectivity index (χ3v) is 4.91. The summed E-state index contributed by atoms with van der Waals surface area (Å²) in [4.78, 5) is 30.9. The molecule has 1 atom stereocenters. The molecule has 0 saturated carbocycles. The highest BCUT2D eigenvalue weighted by Crippen LogP contribution is 2.17. The second-order valence-electron chi connectivity index (χ2n) is 6.70. The largest absolute Gasteiger partial charge is 0.370 e. The molecule has 8 heteroatoms. The summed E-state index contributed by atoms with van der Waals surface area (Å²) in [5.41, 5.74) is 6.19. The zero-order valence-corrected chi connectivity index (χ0v) is 14.8. The summed E-state index contributed by atoms with van der Waals surface area (Å²) in [5, 5.41) is 0. The minimum Gasteiger partial charge on any atom is -0.370 e. The highest BCUT2D eigenvalue weighted by Gasteiger charge is 2.23. The van der Waals surface area contributed by atoms with Crippen molar-refractivity contribution in [3.8, 4) is 0 Å². The van der Waals surface area contributed by atoms with Crippen LogP contribution in [-0.4, -0.2) is 77.4 Å². The average molecular weight is 345 g/mol. The first-order valence-corrected chi connectivity index (χ1v) is 8.96. The van der Waals surface area contributed by atoms with Gasteiger partial charge in [0.15, 0.2) is 5.96 Å². The Labute approximate surface area is 148 Å². The van der Waals surface area contributed by atoms with E-state index in [0.29, 0.717) is 18.4 Å². The number of guanidine groups is 1. The van der Waals surface area contributed by atoms with Crippen molar-refractivity contribution in [3.63, 3.8) is 0 Å². The fourth-order valence-electron chi connectivity index (χ4n) is 3.41. The van der Waals surface area contributed by atoms with E-state index in [1.807, 2.05) is 11.0 Å². The molecule has 0 bridgehead atoms. The second kappa shape index (κ2) is 8.13. The Morgan fingerprint density at radius 1 is 1.20 bits per heavy atom. The van der Waals surface area contributed by atoms with Gasteiger partial charge in [-0.3, -0.25) is 9.79 Å². The van der Waals surface area contributed by atoms with Gasteiger partial charge in [-0.2, -0.15) is 0 Å². The van der Waals surface area contributed by atoms with Crippen LogP contribution in [0.5, 0.6) is 0 Å². The number of piperidine rings is 1. The van der Waals surface area contributed by atoms with Gasteiger partial charge in [0.25, 0.3) is 0 Å². The van der Waals surface area contributed by atoms with Crippen molar-refractivity contribution in [2.45, 2.75) is 19.8 Å². The molecule has 2 N–H and O–H groups in total. The summed E-state index contributed by atoms with van der Waals surface area (Å²) >= 11 is 0. The van der Waals surface area contributed by atoms with E-state index in [2.05, 4.69) is 24.8 Å². The number of carbonyl (C=O) groups is 1. The van der Waals surface area contributed by atoms with Crippen LogP contribution in [0.1, 0.15) is 19.8 Å². The Hall–Kier alpha value is -2.38. The topological polar surface area (TPSA) is 91.0 Å². The molecule has 1 aromatic rings. The summed E-state index contributed by atoms with van der Waals surface area (Å²) in [6.07, 6.45) is 5.69. The molecular formula is C17H27N7O. The molecule has 2 saturated heterocycles. The van der Waals surface area contributed by atoms with Crippen molar-refractivity contribution in [1.82, 2.24) is 19.8 Å². The van der Waals surface area contributed by atoms with Crippen LogP contribution >= 0.6 is 0 Å². The molecule has 25 heavy (non-hydrogen) atoms. The van der Waals surface area contributed by atoms with Crippen LogP contribution < -0.4 is 10.6 Å². The summed E-state index contributed by atoms with van der Waals surface area (Å²) < 4.78 is 0. The molecule has 136 valence electrons. The van der Waals surface area contributed by atoms with Gasteiger partial charge in [-0.05, 0) is 24.8 Å². The number of aromatic nitrogens is 2. The van der Waals surface area contributed by atoms with Gasteiger partial charge in [0.1, 0.15) is 0 Å². The number of nitrogens with zero attached hydrogens (tertiary/aromatic N) is 6. The zero-order valence-electron chi connectivity index (χ0n) is 14.8. The molecule has 1 aromatic heterocycles. The van der Waals surface area contributed by atoms with E-state index >= 15 is 0 Å². The standard InChI is InChI=1S/C17H27N7O/c1-14(25)24-7-2-4-15(13-24)12-21-16(18)22-8-10-23(11-9-22)17-19-5-3-6-20-17/h3,5-6,15H,2,4,7-13H2,1H3,(H2,18,21). The van der Waals surface area contributed by atoms with Crippen molar-refractivity contribution in [2.24, 2.45) is 16.6 Å². The van der Waals surface area contributed by atoms with E-state index in [9.17, 15) is 4.79 Å². The lowest BCUT2D eigenvalue weighted by Crippen LogP contribution is -2.51. The first-order chi connectivity index (χ1) is 12.1. The molecule has 3 rings (SSSR count). The Morgan fingerprint density at radius 2 is 1.92 bits per heavy atom. The lowest BCUT2D eigenvalue weighted by molar-refractivity contribution is -0.130. The Morgan fingerprint density at radius 3 is 2.60 bits per heavy atom. The van der Waals surface area contributed by atoms with E-state index in [0.717, 1.165) is 58.1 Å². The maximum Gasteiger partial charge on any atom is 0.225 e. The van der Waals surface area contributed by atoms with Crippen LogP contribution in [0.3, 0.4) is 0 Å². The predicted octanol–water partition coefficient (Wildman–Crippen LogP) is 0.172. The number of hydrogen-bond acceptors (Lipinski definition) is 5. The zero-order chi connectivity index (χ0) is 17.6. The monoisotopic (exact) mass is 345 g/mol. The SMILES string of the molecule is CC(=O)N1CCCC(CN=C(N)N2CCN(c3ncccn3)CC2)C1. The number of rotatable bonds is 3.